The Morgan fingerprint density at radius 2 is 1.70 bits per heavy atom. The van der Waals surface area contributed by atoms with Crippen LogP contribution in [0.4, 0.5) is 0 Å². The number of ether oxygens (including phenoxy) is 1. The molecule has 0 radical (unpaired) electrons. The van der Waals surface area contributed by atoms with Gasteiger partial charge in [0.15, 0.2) is 0 Å². The van der Waals surface area contributed by atoms with Crippen molar-refractivity contribution in [3.8, 4) is 11.6 Å². The highest BCUT2D eigenvalue weighted by atomic mass is 16.5. The molecule has 1 aromatic carbocycles. The third-order valence-electron chi connectivity index (χ3n) is 4.06. The Morgan fingerprint density at radius 3 is 2.35 bits per heavy atom. The average Bonchev–Trinajstić information content (AvgIpc) is 2.51. The zero-order chi connectivity index (χ0) is 13.8. The predicted octanol–water partition coefficient (Wildman–Crippen LogP) is 5.23. The van der Waals surface area contributed by atoms with Gasteiger partial charge in [0.25, 0.3) is 0 Å². The van der Waals surface area contributed by atoms with Gasteiger partial charge >= 0.3 is 0 Å². The van der Waals surface area contributed by atoms with Crippen molar-refractivity contribution in [2.45, 2.75) is 44.9 Å². The number of hydrogen-bond donors (Lipinski definition) is 0. The van der Waals surface area contributed by atoms with Crippen molar-refractivity contribution >= 4 is 0 Å². The maximum Gasteiger partial charge on any atom is 0.219 e. The summed E-state index contributed by atoms with van der Waals surface area (Å²) in [6.45, 7) is 2.02. The molecule has 2 heteroatoms. The third kappa shape index (κ3) is 3.19. The Hall–Kier alpha value is -1.83. The second-order valence-electron chi connectivity index (χ2n) is 5.68. The molecule has 1 heterocycles. The SMILES string of the molecule is Cc1ccc(Oc2ccc(C3CCCCC3)cc2)nc1. The van der Waals surface area contributed by atoms with Crippen LogP contribution in [-0.2, 0) is 0 Å². The van der Waals surface area contributed by atoms with E-state index in [0.29, 0.717) is 5.88 Å². The molecule has 2 aromatic rings. The van der Waals surface area contributed by atoms with Crippen LogP contribution >= 0.6 is 0 Å². The Bertz CT molecular complexity index is 539. The lowest BCUT2D eigenvalue weighted by Gasteiger charge is -2.22. The van der Waals surface area contributed by atoms with Crippen LogP contribution in [0, 0.1) is 6.92 Å². The second-order valence-corrected chi connectivity index (χ2v) is 5.68. The zero-order valence-corrected chi connectivity index (χ0v) is 12.0. The first-order valence-corrected chi connectivity index (χ1v) is 7.52. The van der Waals surface area contributed by atoms with Crippen LogP contribution in [0.25, 0.3) is 0 Å². The number of rotatable bonds is 3. The Kier molecular flexibility index (Phi) is 4.00. The van der Waals surface area contributed by atoms with Gasteiger partial charge in [0, 0.05) is 12.3 Å². The largest absolute Gasteiger partial charge is 0.439 e. The van der Waals surface area contributed by atoms with E-state index in [1.807, 2.05) is 25.3 Å². The van der Waals surface area contributed by atoms with E-state index in [1.54, 1.807) is 0 Å². The predicted molar refractivity (Wildman–Crippen MR) is 81.3 cm³/mol. The quantitative estimate of drug-likeness (QED) is 0.759. The molecule has 0 aliphatic heterocycles. The molecular weight excluding hydrogens is 246 g/mol. The minimum absolute atomic E-state index is 0.654. The van der Waals surface area contributed by atoms with Gasteiger partial charge in [-0.05, 0) is 48.9 Å². The van der Waals surface area contributed by atoms with Gasteiger partial charge in [0.1, 0.15) is 5.75 Å². The number of hydrogen-bond acceptors (Lipinski definition) is 2. The Balaban J connectivity index is 1.67. The zero-order valence-electron chi connectivity index (χ0n) is 12.0. The van der Waals surface area contributed by atoms with E-state index in [1.165, 1.54) is 37.7 Å². The maximum absolute atomic E-state index is 5.76. The summed E-state index contributed by atoms with van der Waals surface area (Å²) in [6.07, 6.45) is 8.63. The molecule has 0 spiro atoms. The monoisotopic (exact) mass is 267 g/mol. The average molecular weight is 267 g/mol. The molecule has 0 bridgehead atoms. The molecule has 1 saturated carbocycles. The van der Waals surface area contributed by atoms with Crippen molar-refractivity contribution in [2.75, 3.05) is 0 Å². The molecule has 0 N–H and O–H groups in total. The molecule has 1 aliphatic carbocycles. The van der Waals surface area contributed by atoms with Crippen LogP contribution in [0.15, 0.2) is 42.6 Å². The van der Waals surface area contributed by atoms with Crippen molar-refractivity contribution in [2.24, 2.45) is 0 Å². The van der Waals surface area contributed by atoms with E-state index in [9.17, 15) is 0 Å². The normalized spacial score (nSPS) is 16.1. The molecule has 0 atom stereocenters. The van der Waals surface area contributed by atoms with Gasteiger partial charge in [-0.25, -0.2) is 4.98 Å². The Morgan fingerprint density at radius 1 is 0.950 bits per heavy atom. The lowest BCUT2D eigenvalue weighted by molar-refractivity contribution is 0.441. The van der Waals surface area contributed by atoms with Gasteiger partial charge in [-0.15, -0.1) is 0 Å². The molecule has 1 aliphatic rings. The molecule has 20 heavy (non-hydrogen) atoms. The summed E-state index contributed by atoms with van der Waals surface area (Å²) >= 11 is 0. The van der Waals surface area contributed by atoms with Crippen LogP contribution in [0.3, 0.4) is 0 Å². The lowest BCUT2D eigenvalue weighted by Crippen LogP contribution is -2.04. The van der Waals surface area contributed by atoms with Crippen molar-refractivity contribution in [1.82, 2.24) is 4.98 Å². The van der Waals surface area contributed by atoms with Gasteiger partial charge in [-0.3, -0.25) is 0 Å². The molecule has 104 valence electrons. The standard InChI is InChI=1S/C18H21NO/c1-14-7-12-18(19-13-14)20-17-10-8-16(9-11-17)15-5-3-2-4-6-15/h7-13,15H,2-6H2,1H3. The van der Waals surface area contributed by atoms with Gasteiger partial charge in [0.2, 0.25) is 5.88 Å². The summed E-state index contributed by atoms with van der Waals surface area (Å²) in [6, 6.07) is 12.5. The molecule has 1 fully saturated rings. The van der Waals surface area contributed by atoms with Crippen molar-refractivity contribution in [3.05, 3.63) is 53.7 Å². The van der Waals surface area contributed by atoms with Crippen LogP contribution in [0.1, 0.15) is 49.1 Å². The summed E-state index contributed by atoms with van der Waals surface area (Å²) in [5, 5.41) is 0. The first-order valence-electron chi connectivity index (χ1n) is 7.52. The molecule has 2 nitrogen and oxygen atoms in total. The fraction of sp³-hybridized carbons (Fsp3) is 0.389. The number of aryl methyl sites for hydroxylation is 1. The fourth-order valence-corrected chi connectivity index (χ4v) is 2.88. The van der Waals surface area contributed by atoms with E-state index in [2.05, 4.69) is 29.2 Å². The molecule has 0 unspecified atom stereocenters. The summed E-state index contributed by atoms with van der Waals surface area (Å²) < 4.78 is 5.76. The van der Waals surface area contributed by atoms with E-state index in [4.69, 9.17) is 4.74 Å². The van der Waals surface area contributed by atoms with E-state index in [-0.39, 0.29) is 0 Å². The minimum atomic E-state index is 0.654. The Labute approximate surface area is 120 Å². The molecular formula is C18H21NO. The first-order chi connectivity index (χ1) is 9.81. The minimum Gasteiger partial charge on any atom is -0.439 e. The first kappa shape index (κ1) is 13.2. The highest BCUT2D eigenvalue weighted by molar-refractivity contribution is 5.32. The number of benzene rings is 1. The molecule has 0 saturated heterocycles. The maximum atomic E-state index is 5.76. The smallest absolute Gasteiger partial charge is 0.219 e. The van der Waals surface area contributed by atoms with Crippen molar-refractivity contribution < 1.29 is 4.74 Å². The van der Waals surface area contributed by atoms with Crippen molar-refractivity contribution in [1.29, 1.82) is 0 Å². The van der Waals surface area contributed by atoms with Crippen LogP contribution in [0.2, 0.25) is 0 Å². The molecule has 0 amide bonds. The number of aromatic nitrogens is 1. The third-order valence-corrected chi connectivity index (χ3v) is 4.06. The summed E-state index contributed by atoms with van der Waals surface area (Å²) in [5.74, 6) is 2.26. The molecule has 3 rings (SSSR count). The van der Waals surface area contributed by atoms with Gasteiger partial charge in [-0.2, -0.15) is 0 Å². The summed E-state index contributed by atoms with van der Waals surface area (Å²) in [7, 11) is 0. The van der Waals surface area contributed by atoms with E-state index >= 15 is 0 Å². The van der Waals surface area contributed by atoms with E-state index < -0.39 is 0 Å². The lowest BCUT2D eigenvalue weighted by atomic mass is 9.84. The highest BCUT2D eigenvalue weighted by Gasteiger charge is 2.15. The van der Waals surface area contributed by atoms with E-state index in [0.717, 1.165) is 17.2 Å². The second kappa shape index (κ2) is 6.08. The summed E-state index contributed by atoms with van der Waals surface area (Å²) in [4.78, 5) is 4.26. The highest BCUT2D eigenvalue weighted by Crippen LogP contribution is 2.33. The molecule has 1 aromatic heterocycles. The number of pyridine rings is 1. The van der Waals surface area contributed by atoms with Crippen molar-refractivity contribution in [3.63, 3.8) is 0 Å². The summed E-state index contributed by atoms with van der Waals surface area (Å²) in [5.41, 5.74) is 2.60. The van der Waals surface area contributed by atoms with Gasteiger partial charge in [0.05, 0.1) is 0 Å². The topological polar surface area (TPSA) is 22.1 Å². The van der Waals surface area contributed by atoms with Gasteiger partial charge in [-0.1, -0.05) is 37.5 Å². The van der Waals surface area contributed by atoms with Crippen LogP contribution < -0.4 is 4.74 Å². The number of nitrogens with zero attached hydrogens (tertiary/aromatic N) is 1. The van der Waals surface area contributed by atoms with Crippen LogP contribution in [0.5, 0.6) is 11.6 Å². The van der Waals surface area contributed by atoms with Gasteiger partial charge < -0.3 is 4.74 Å². The van der Waals surface area contributed by atoms with Crippen LogP contribution in [-0.4, -0.2) is 4.98 Å². The fourth-order valence-electron chi connectivity index (χ4n) is 2.88.